The summed E-state index contributed by atoms with van der Waals surface area (Å²) in [5, 5.41) is 1.14. The largest absolute Gasteiger partial charge is 0.405 e. The van der Waals surface area contributed by atoms with E-state index in [1.807, 2.05) is 6.07 Å². The van der Waals surface area contributed by atoms with Crippen molar-refractivity contribution in [1.29, 1.82) is 0 Å². The molecule has 0 aliphatic heterocycles. The Morgan fingerprint density at radius 1 is 1.33 bits per heavy atom. The Bertz CT molecular complexity index is 510. The summed E-state index contributed by atoms with van der Waals surface area (Å²) in [6.07, 6.45) is 0.492. The number of anilines is 1. The summed E-state index contributed by atoms with van der Waals surface area (Å²) in [5.74, 6) is 0. The molecule has 0 atom stereocenters. The topological polar surface area (TPSA) is 29.0 Å². The Hall–Kier alpha value is -1.63. The molecule has 0 aliphatic carbocycles. The smallest absolute Gasteiger partial charge is 0.356 e. The van der Waals surface area contributed by atoms with Gasteiger partial charge in [0.15, 0.2) is 0 Å². The van der Waals surface area contributed by atoms with Gasteiger partial charge in [0.25, 0.3) is 0 Å². The van der Waals surface area contributed by atoms with Crippen LogP contribution in [0.4, 0.5) is 18.2 Å². The second kappa shape index (κ2) is 4.93. The van der Waals surface area contributed by atoms with E-state index < -0.39 is 12.7 Å². The molecule has 7 heteroatoms. The van der Waals surface area contributed by atoms with Crippen LogP contribution in [0, 0.1) is 0 Å². The van der Waals surface area contributed by atoms with Crippen molar-refractivity contribution in [3.8, 4) is 10.6 Å². The van der Waals surface area contributed by atoms with Crippen LogP contribution in [0.2, 0.25) is 0 Å². The van der Waals surface area contributed by atoms with Crippen LogP contribution in [0.25, 0.3) is 10.6 Å². The number of halogens is 3. The van der Waals surface area contributed by atoms with E-state index in [2.05, 4.69) is 9.97 Å². The van der Waals surface area contributed by atoms with Crippen LogP contribution in [0.3, 0.4) is 0 Å². The van der Waals surface area contributed by atoms with Gasteiger partial charge in [-0.05, 0) is 12.1 Å². The first-order chi connectivity index (χ1) is 8.46. The van der Waals surface area contributed by atoms with Crippen LogP contribution in [0.15, 0.2) is 30.7 Å². The first-order valence-corrected chi connectivity index (χ1v) is 5.91. The molecule has 2 heterocycles. The maximum atomic E-state index is 12.3. The molecule has 2 rings (SSSR count). The Labute approximate surface area is 106 Å². The minimum absolute atomic E-state index is 0.478. The highest BCUT2D eigenvalue weighted by molar-refractivity contribution is 7.18. The highest BCUT2D eigenvalue weighted by Gasteiger charge is 2.30. The second-order valence-electron chi connectivity index (χ2n) is 3.72. The summed E-state index contributed by atoms with van der Waals surface area (Å²) in [6.45, 7) is -0.984. The first-order valence-electron chi connectivity index (χ1n) is 5.10. The molecule has 96 valence electrons. The molecule has 18 heavy (non-hydrogen) atoms. The van der Waals surface area contributed by atoms with Crippen molar-refractivity contribution in [2.24, 2.45) is 0 Å². The van der Waals surface area contributed by atoms with E-state index >= 15 is 0 Å². The van der Waals surface area contributed by atoms with Crippen LogP contribution in [-0.2, 0) is 0 Å². The average Bonchev–Trinajstić information content (AvgIpc) is 2.77. The molecule has 0 aliphatic rings. The van der Waals surface area contributed by atoms with Crippen LogP contribution in [0.5, 0.6) is 0 Å². The quantitative estimate of drug-likeness (QED) is 0.860. The van der Waals surface area contributed by atoms with E-state index in [1.54, 1.807) is 18.5 Å². The van der Waals surface area contributed by atoms with Crippen molar-refractivity contribution in [2.45, 2.75) is 6.18 Å². The SMILES string of the molecule is CN(CC(F)(F)F)c1cnc(-c2cccnc2)s1. The van der Waals surface area contributed by atoms with E-state index in [-0.39, 0.29) is 0 Å². The van der Waals surface area contributed by atoms with Crippen molar-refractivity contribution in [1.82, 2.24) is 9.97 Å². The van der Waals surface area contributed by atoms with Crippen molar-refractivity contribution in [3.05, 3.63) is 30.7 Å². The van der Waals surface area contributed by atoms with Gasteiger partial charge in [-0.2, -0.15) is 13.2 Å². The van der Waals surface area contributed by atoms with Gasteiger partial charge in [0, 0.05) is 25.0 Å². The van der Waals surface area contributed by atoms with Gasteiger partial charge in [-0.15, -0.1) is 0 Å². The number of pyridine rings is 1. The Morgan fingerprint density at radius 2 is 2.11 bits per heavy atom. The molecule has 0 amide bonds. The zero-order valence-corrected chi connectivity index (χ0v) is 10.3. The summed E-state index contributed by atoms with van der Waals surface area (Å²) in [4.78, 5) is 9.19. The first kappa shape index (κ1) is 12.8. The normalized spacial score (nSPS) is 11.6. The lowest BCUT2D eigenvalue weighted by Gasteiger charge is -2.17. The molecule has 0 unspecified atom stereocenters. The predicted molar refractivity (Wildman–Crippen MR) is 64.7 cm³/mol. The maximum Gasteiger partial charge on any atom is 0.405 e. The van der Waals surface area contributed by atoms with E-state index in [9.17, 15) is 13.2 Å². The van der Waals surface area contributed by atoms with Gasteiger partial charge < -0.3 is 4.90 Å². The average molecular weight is 273 g/mol. The van der Waals surface area contributed by atoms with Crippen LogP contribution in [0.1, 0.15) is 0 Å². The predicted octanol–water partition coefficient (Wildman–Crippen LogP) is 3.20. The summed E-state index contributed by atoms with van der Waals surface area (Å²) < 4.78 is 36.8. The van der Waals surface area contributed by atoms with E-state index in [0.29, 0.717) is 10.0 Å². The van der Waals surface area contributed by atoms with Gasteiger partial charge in [0.2, 0.25) is 0 Å². The number of thiazole rings is 1. The monoisotopic (exact) mass is 273 g/mol. The molecular formula is C11H10F3N3S. The highest BCUT2D eigenvalue weighted by atomic mass is 32.1. The van der Waals surface area contributed by atoms with Gasteiger partial charge >= 0.3 is 6.18 Å². The van der Waals surface area contributed by atoms with Gasteiger partial charge in [0.05, 0.1) is 6.20 Å². The van der Waals surface area contributed by atoms with Crippen molar-refractivity contribution in [3.63, 3.8) is 0 Å². The Morgan fingerprint density at radius 3 is 2.72 bits per heavy atom. The molecule has 3 nitrogen and oxygen atoms in total. The van der Waals surface area contributed by atoms with Crippen LogP contribution >= 0.6 is 11.3 Å². The summed E-state index contributed by atoms with van der Waals surface area (Å²) in [7, 11) is 1.40. The number of hydrogen-bond acceptors (Lipinski definition) is 4. The second-order valence-corrected chi connectivity index (χ2v) is 4.73. The number of aromatic nitrogens is 2. The Kier molecular flexibility index (Phi) is 3.51. The fraction of sp³-hybridized carbons (Fsp3) is 0.273. The van der Waals surface area contributed by atoms with Gasteiger partial charge in [-0.3, -0.25) is 4.98 Å². The number of nitrogens with zero attached hydrogens (tertiary/aromatic N) is 3. The third kappa shape index (κ3) is 3.19. The number of rotatable bonds is 3. The van der Waals surface area contributed by atoms with Gasteiger partial charge in [0.1, 0.15) is 16.6 Å². The van der Waals surface area contributed by atoms with Crippen LogP contribution < -0.4 is 4.90 Å². The molecule has 0 radical (unpaired) electrons. The fourth-order valence-electron chi connectivity index (χ4n) is 1.41. The zero-order valence-electron chi connectivity index (χ0n) is 9.48. The molecule has 2 aromatic rings. The standard InChI is InChI=1S/C11H10F3N3S/c1-17(7-11(12,13)14)9-6-16-10(18-9)8-3-2-4-15-5-8/h2-6H,7H2,1H3. The molecule has 0 fully saturated rings. The van der Waals surface area contributed by atoms with Gasteiger partial charge in [-0.1, -0.05) is 11.3 Å². The lowest BCUT2D eigenvalue weighted by molar-refractivity contribution is -0.119. The van der Waals surface area contributed by atoms with Crippen molar-refractivity contribution in [2.75, 3.05) is 18.5 Å². The Balaban J connectivity index is 2.16. The van der Waals surface area contributed by atoms with Crippen molar-refractivity contribution >= 4 is 16.3 Å². The number of alkyl halides is 3. The summed E-state index contributed by atoms with van der Waals surface area (Å²) in [5.41, 5.74) is 0.800. The molecular weight excluding hydrogens is 263 g/mol. The summed E-state index contributed by atoms with van der Waals surface area (Å²) in [6, 6.07) is 3.58. The van der Waals surface area contributed by atoms with Gasteiger partial charge in [-0.25, -0.2) is 4.98 Å². The molecule has 0 bridgehead atoms. The lowest BCUT2D eigenvalue weighted by Crippen LogP contribution is -2.30. The third-order valence-electron chi connectivity index (χ3n) is 2.19. The molecule has 0 spiro atoms. The summed E-state index contributed by atoms with van der Waals surface area (Å²) >= 11 is 1.21. The van der Waals surface area contributed by atoms with E-state index in [0.717, 1.165) is 10.5 Å². The molecule has 0 saturated heterocycles. The highest BCUT2D eigenvalue weighted by Crippen LogP contribution is 2.31. The van der Waals surface area contributed by atoms with E-state index in [4.69, 9.17) is 0 Å². The molecule has 0 aromatic carbocycles. The van der Waals surface area contributed by atoms with Crippen LogP contribution in [-0.4, -0.2) is 29.7 Å². The fourth-order valence-corrected chi connectivity index (χ4v) is 2.28. The van der Waals surface area contributed by atoms with E-state index in [1.165, 1.54) is 24.6 Å². The molecule has 0 saturated carbocycles. The zero-order chi connectivity index (χ0) is 13.2. The minimum atomic E-state index is -4.22. The molecule has 2 aromatic heterocycles. The lowest BCUT2D eigenvalue weighted by atomic mass is 10.3. The number of hydrogen-bond donors (Lipinski definition) is 0. The third-order valence-corrected chi connectivity index (χ3v) is 3.36. The van der Waals surface area contributed by atoms with Crippen molar-refractivity contribution < 1.29 is 13.2 Å². The molecule has 0 N–H and O–H groups in total. The maximum absolute atomic E-state index is 12.3. The minimum Gasteiger partial charge on any atom is -0.356 e.